The summed E-state index contributed by atoms with van der Waals surface area (Å²) in [5.74, 6) is -0.632. The second kappa shape index (κ2) is 6.91. The van der Waals surface area contributed by atoms with E-state index in [9.17, 15) is 14.0 Å². The van der Waals surface area contributed by atoms with Gasteiger partial charge in [0, 0.05) is 11.8 Å². The van der Waals surface area contributed by atoms with Crippen LogP contribution in [-0.2, 0) is 9.59 Å². The second-order valence-electron chi connectivity index (χ2n) is 5.15. The van der Waals surface area contributed by atoms with Gasteiger partial charge in [0.2, 0.25) is 11.8 Å². The largest absolute Gasteiger partial charge is 0.343 e. The van der Waals surface area contributed by atoms with Crippen molar-refractivity contribution in [2.75, 3.05) is 11.9 Å². The second-order valence-corrected chi connectivity index (χ2v) is 5.15. The van der Waals surface area contributed by atoms with Crippen molar-refractivity contribution in [2.24, 2.45) is 0 Å². The van der Waals surface area contributed by atoms with Crippen LogP contribution in [0.3, 0.4) is 0 Å². The zero-order valence-electron chi connectivity index (χ0n) is 13.1. The van der Waals surface area contributed by atoms with Crippen LogP contribution in [0.25, 0.3) is 17.0 Å². The van der Waals surface area contributed by atoms with Crippen LogP contribution in [0.1, 0.15) is 0 Å². The average Bonchev–Trinajstić information content (AvgIpc) is 3.03. The molecule has 0 aliphatic heterocycles. The molecular weight excluding hydrogens is 325 g/mol. The highest BCUT2D eigenvalue weighted by Gasteiger charge is 2.10. The van der Waals surface area contributed by atoms with Crippen molar-refractivity contribution in [2.45, 2.75) is 0 Å². The molecule has 0 atom stereocenters. The third-order valence-corrected chi connectivity index (χ3v) is 3.40. The van der Waals surface area contributed by atoms with E-state index in [-0.39, 0.29) is 18.3 Å². The smallest absolute Gasteiger partial charge is 0.243 e. The van der Waals surface area contributed by atoms with Crippen molar-refractivity contribution in [3.05, 3.63) is 61.1 Å². The van der Waals surface area contributed by atoms with Crippen molar-refractivity contribution >= 4 is 23.1 Å². The average molecular weight is 339 g/mol. The minimum Gasteiger partial charge on any atom is -0.343 e. The van der Waals surface area contributed by atoms with Gasteiger partial charge >= 0.3 is 0 Å². The molecule has 7 nitrogen and oxygen atoms in total. The summed E-state index contributed by atoms with van der Waals surface area (Å²) in [6.07, 6.45) is 2.74. The van der Waals surface area contributed by atoms with Gasteiger partial charge in [-0.25, -0.2) is 4.39 Å². The molecule has 0 saturated carbocycles. The molecular formula is C17H14FN5O2. The van der Waals surface area contributed by atoms with Gasteiger partial charge in [-0.15, -0.1) is 10.2 Å². The number of carbonyl (C=O) groups excluding carboxylic acids is 2. The summed E-state index contributed by atoms with van der Waals surface area (Å²) in [6.45, 7) is 3.14. The van der Waals surface area contributed by atoms with Crippen LogP contribution in [0.15, 0.2) is 55.3 Å². The molecule has 0 aliphatic carbocycles. The number of nitrogens with zero attached hydrogens (tertiary/aromatic N) is 3. The van der Waals surface area contributed by atoms with E-state index in [1.54, 1.807) is 34.9 Å². The van der Waals surface area contributed by atoms with Crippen molar-refractivity contribution in [3.63, 3.8) is 0 Å². The maximum absolute atomic E-state index is 13.1. The Balaban J connectivity index is 1.83. The van der Waals surface area contributed by atoms with Gasteiger partial charge in [0.15, 0.2) is 11.5 Å². The first kappa shape index (κ1) is 16.3. The molecule has 0 spiro atoms. The van der Waals surface area contributed by atoms with Crippen molar-refractivity contribution in [3.8, 4) is 11.4 Å². The first-order valence-corrected chi connectivity index (χ1v) is 7.37. The Kier molecular flexibility index (Phi) is 4.51. The summed E-state index contributed by atoms with van der Waals surface area (Å²) in [7, 11) is 0. The fraction of sp³-hybridized carbons (Fsp3) is 0.0588. The molecule has 0 saturated heterocycles. The lowest BCUT2D eigenvalue weighted by molar-refractivity contribution is -0.121. The normalized spacial score (nSPS) is 10.4. The molecule has 0 aliphatic rings. The molecule has 0 radical (unpaired) electrons. The summed E-state index contributed by atoms with van der Waals surface area (Å²) >= 11 is 0. The topological polar surface area (TPSA) is 88.4 Å². The molecule has 126 valence electrons. The third kappa shape index (κ3) is 3.69. The third-order valence-electron chi connectivity index (χ3n) is 3.40. The Morgan fingerprint density at radius 3 is 2.64 bits per heavy atom. The van der Waals surface area contributed by atoms with E-state index in [1.165, 1.54) is 12.1 Å². The van der Waals surface area contributed by atoms with Gasteiger partial charge in [-0.05, 0) is 42.5 Å². The number of fused-ring (bicyclic) bond motifs is 1. The van der Waals surface area contributed by atoms with Crippen molar-refractivity contribution in [1.29, 1.82) is 0 Å². The van der Waals surface area contributed by atoms with E-state index in [0.717, 1.165) is 6.08 Å². The molecule has 2 amide bonds. The monoisotopic (exact) mass is 339 g/mol. The fourth-order valence-electron chi connectivity index (χ4n) is 2.21. The Morgan fingerprint density at radius 2 is 1.92 bits per heavy atom. The highest BCUT2D eigenvalue weighted by Crippen LogP contribution is 2.20. The molecule has 8 heteroatoms. The van der Waals surface area contributed by atoms with E-state index >= 15 is 0 Å². The van der Waals surface area contributed by atoms with Gasteiger partial charge in [-0.3, -0.25) is 14.0 Å². The molecule has 25 heavy (non-hydrogen) atoms. The lowest BCUT2D eigenvalue weighted by Crippen LogP contribution is -2.31. The number of carbonyl (C=O) groups is 2. The highest BCUT2D eigenvalue weighted by molar-refractivity contribution is 5.96. The van der Waals surface area contributed by atoms with Crippen LogP contribution in [0, 0.1) is 5.82 Å². The number of halogens is 1. The summed E-state index contributed by atoms with van der Waals surface area (Å²) in [6, 6.07) is 9.24. The first-order valence-electron chi connectivity index (χ1n) is 7.37. The zero-order chi connectivity index (χ0) is 17.8. The number of benzene rings is 1. The van der Waals surface area contributed by atoms with E-state index in [1.807, 2.05) is 0 Å². The summed E-state index contributed by atoms with van der Waals surface area (Å²) in [4.78, 5) is 22.9. The van der Waals surface area contributed by atoms with Gasteiger partial charge in [0.1, 0.15) is 5.82 Å². The van der Waals surface area contributed by atoms with Gasteiger partial charge in [0.05, 0.1) is 12.2 Å². The Labute approximate surface area is 142 Å². The molecule has 3 rings (SSSR count). The SMILES string of the molecule is C=CC(=O)NCC(=O)Nc1ccc2nnc(-c3ccc(F)cc3)n2c1. The van der Waals surface area contributed by atoms with E-state index in [2.05, 4.69) is 27.4 Å². The predicted octanol–water partition coefficient (Wildman–Crippen LogP) is 1.78. The summed E-state index contributed by atoms with van der Waals surface area (Å²) in [5, 5.41) is 13.2. The molecule has 0 fully saturated rings. The van der Waals surface area contributed by atoms with Crippen molar-refractivity contribution in [1.82, 2.24) is 19.9 Å². The molecule has 0 bridgehead atoms. The number of aromatic nitrogens is 3. The van der Waals surface area contributed by atoms with Crippen LogP contribution in [0.4, 0.5) is 10.1 Å². The van der Waals surface area contributed by atoms with E-state index in [4.69, 9.17) is 0 Å². The van der Waals surface area contributed by atoms with Crippen LogP contribution >= 0.6 is 0 Å². The van der Waals surface area contributed by atoms with E-state index in [0.29, 0.717) is 22.7 Å². The Hall–Kier alpha value is -3.55. The van der Waals surface area contributed by atoms with Crippen LogP contribution in [-0.4, -0.2) is 33.0 Å². The standard InChI is InChI=1S/C17H14FN5O2/c1-2-15(24)19-9-16(25)20-13-7-8-14-21-22-17(23(14)10-13)11-3-5-12(18)6-4-11/h2-8,10H,1,9H2,(H,19,24)(H,20,25). The quantitative estimate of drug-likeness (QED) is 0.694. The Bertz CT molecular complexity index is 949. The minimum absolute atomic E-state index is 0.171. The van der Waals surface area contributed by atoms with E-state index < -0.39 is 5.91 Å². The predicted molar refractivity (Wildman–Crippen MR) is 90.2 cm³/mol. The van der Waals surface area contributed by atoms with Crippen LogP contribution in [0.2, 0.25) is 0 Å². The van der Waals surface area contributed by atoms with Gasteiger partial charge in [0.25, 0.3) is 0 Å². The van der Waals surface area contributed by atoms with Crippen LogP contribution in [0.5, 0.6) is 0 Å². The molecule has 3 aromatic rings. The summed E-state index contributed by atoms with van der Waals surface area (Å²) in [5.41, 5.74) is 1.78. The minimum atomic E-state index is -0.428. The number of hydrogen-bond donors (Lipinski definition) is 2. The Morgan fingerprint density at radius 1 is 1.16 bits per heavy atom. The number of anilines is 1. The number of hydrogen-bond acceptors (Lipinski definition) is 4. The molecule has 1 aromatic carbocycles. The van der Waals surface area contributed by atoms with Gasteiger partial charge < -0.3 is 10.6 Å². The molecule has 0 unspecified atom stereocenters. The zero-order valence-corrected chi connectivity index (χ0v) is 13.1. The molecule has 2 N–H and O–H groups in total. The lowest BCUT2D eigenvalue weighted by atomic mass is 10.2. The molecule has 2 aromatic heterocycles. The number of rotatable bonds is 5. The summed E-state index contributed by atoms with van der Waals surface area (Å²) < 4.78 is 14.8. The maximum Gasteiger partial charge on any atom is 0.243 e. The van der Waals surface area contributed by atoms with Gasteiger partial charge in [-0.2, -0.15) is 0 Å². The lowest BCUT2D eigenvalue weighted by Gasteiger charge is -2.07. The first-order chi connectivity index (χ1) is 12.1. The number of pyridine rings is 1. The number of amides is 2. The highest BCUT2D eigenvalue weighted by atomic mass is 19.1. The number of nitrogens with one attached hydrogen (secondary N) is 2. The maximum atomic E-state index is 13.1. The van der Waals surface area contributed by atoms with Gasteiger partial charge in [-0.1, -0.05) is 6.58 Å². The van der Waals surface area contributed by atoms with Crippen molar-refractivity contribution < 1.29 is 14.0 Å². The fourth-order valence-corrected chi connectivity index (χ4v) is 2.21. The molecule has 2 heterocycles. The van der Waals surface area contributed by atoms with Crippen LogP contribution < -0.4 is 10.6 Å².